The van der Waals surface area contributed by atoms with Gasteiger partial charge in [0.25, 0.3) is 0 Å². The minimum atomic E-state index is 0.802. The van der Waals surface area contributed by atoms with Crippen LogP contribution in [0, 0.1) is 12.8 Å². The van der Waals surface area contributed by atoms with E-state index in [1.165, 1.54) is 24.4 Å². The fourth-order valence-corrected chi connectivity index (χ4v) is 3.68. The Balaban J connectivity index is 2.15. The van der Waals surface area contributed by atoms with Gasteiger partial charge in [0.05, 0.1) is 0 Å². The van der Waals surface area contributed by atoms with E-state index in [2.05, 4.69) is 32.2 Å². The van der Waals surface area contributed by atoms with E-state index >= 15 is 0 Å². The highest BCUT2D eigenvalue weighted by atomic mass is 79.9. The number of hydrogen-bond donors (Lipinski definition) is 0. The zero-order valence-corrected chi connectivity index (χ0v) is 11.7. The van der Waals surface area contributed by atoms with Gasteiger partial charge in [-0.3, -0.25) is 0 Å². The molecule has 0 aliphatic rings. The van der Waals surface area contributed by atoms with Crippen LogP contribution in [0.4, 0.5) is 0 Å². The maximum Gasteiger partial charge on any atom is 0.170 e. The van der Waals surface area contributed by atoms with Gasteiger partial charge in [-0.25, -0.2) is 4.98 Å². The van der Waals surface area contributed by atoms with Crippen molar-refractivity contribution < 1.29 is 0 Å². The van der Waals surface area contributed by atoms with Crippen molar-refractivity contribution >= 4 is 39.2 Å². The summed E-state index contributed by atoms with van der Waals surface area (Å²) in [7, 11) is 0. The maximum absolute atomic E-state index is 4.31. The van der Waals surface area contributed by atoms with Crippen molar-refractivity contribution in [2.45, 2.75) is 31.0 Å². The lowest BCUT2D eigenvalue weighted by molar-refractivity contribution is 0.555. The predicted molar refractivity (Wildman–Crippen MR) is 67.6 cm³/mol. The summed E-state index contributed by atoms with van der Waals surface area (Å²) in [6, 6.07) is 0. The molecule has 1 aromatic heterocycles. The van der Waals surface area contributed by atoms with Crippen LogP contribution in [0.25, 0.3) is 0 Å². The molecule has 0 amide bonds. The molecule has 1 rings (SSSR count). The van der Waals surface area contributed by atoms with Crippen LogP contribution in [-0.4, -0.2) is 20.4 Å². The van der Waals surface area contributed by atoms with Crippen LogP contribution in [-0.2, 0) is 0 Å². The largest absolute Gasteiger partial charge is 0.213 e. The first-order valence-corrected chi connectivity index (χ1v) is 7.59. The van der Waals surface area contributed by atoms with E-state index in [0.29, 0.717) is 0 Å². The third kappa shape index (κ3) is 4.75. The Hall–Kier alpha value is 0.390. The van der Waals surface area contributed by atoms with Crippen molar-refractivity contribution in [2.24, 2.45) is 5.92 Å². The minimum absolute atomic E-state index is 0.802. The molecule has 0 bridgehead atoms. The van der Waals surface area contributed by atoms with Gasteiger partial charge in [-0.1, -0.05) is 34.6 Å². The minimum Gasteiger partial charge on any atom is -0.213 e. The van der Waals surface area contributed by atoms with Crippen molar-refractivity contribution in [2.75, 3.05) is 11.1 Å². The molecule has 0 aliphatic heterocycles. The van der Waals surface area contributed by atoms with Crippen LogP contribution in [0.15, 0.2) is 4.34 Å². The number of rotatable bonds is 6. The number of aryl methyl sites for hydroxylation is 1. The third-order valence-electron chi connectivity index (χ3n) is 1.95. The molecular weight excluding hydrogens is 280 g/mol. The lowest BCUT2D eigenvalue weighted by Gasteiger charge is -2.06. The second-order valence-corrected chi connectivity index (χ2v) is 6.21. The fourth-order valence-electron chi connectivity index (χ4n) is 1.01. The summed E-state index contributed by atoms with van der Waals surface area (Å²) in [4.78, 5) is 4.31. The molecular formula is C9H15BrN2S2. The molecule has 0 aliphatic carbocycles. The van der Waals surface area contributed by atoms with Crippen LogP contribution in [0.2, 0.25) is 0 Å². The molecule has 0 aromatic carbocycles. The first-order chi connectivity index (χ1) is 6.72. The number of hydrogen-bond acceptors (Lipinski definition) is 4. The Morgan fingerprint density at radius 1 is 1.50 bits per heavy atom. The normalized spacial score (nSPS) is 13.1. The first kappa shape index (κ1) is 12.5. The topological polar surface area (TPSA) is 25.8 Å². The Morgan fingerprint density at radius 3 is 2.86 bits per heavy atom. The summed E-state index contributed by atoms with van der Waals surface area (Å²) in [5.41, 5.74) is 0. The predicted octanol–water partition coefficient (Wildman–Crippen LogP) is 3.75. The fraction of sp³-hybridized carbons (Fsp3) is 0.778. The molecule has 0 N–H and O–H groups in total. The number of halogens is 1. The molecule has 0 saturated heterocycles. The van der Waals surface area contributed by atoms with E-state index < -0.39 is 0 Å². The summed E-state index contributed by atoms with van der Waals surface area (Å²) in [5.74, 6) is 2.85. The standard InChI is InChI=1S/C9H15BrN2S2/c1-7(3-5-10)4-6-13-9-11-8(2)12-14-9/h7H,3-6H2,1-2H3. The van der Waals surface area contributed by atoms with Gasteiger partial charge < -0.3 is 0 Å². The highest BCUT2D eigenvalue weighted by Gasteiger charge is 2.04. The van der Waals surface area contributed by atoms with E-state index in [1.807, 2.05) is 18.7 Å². The molecule has 1 unspecified atom stereocenters. The Labute approximate surface area is 102 Å². The summed E-state index contributed by atoms with van der Waals surface area (Å²) in [6.07, 6.45) is 2.52. The van der Waals surface area contributed by atoms with E-state index in [0.717, 1.165) is 27.2 Å². The number of nitrogens with zero attached hydrogens (tertiary/aromatic N) is 2. The van der Waals surface area contributed by atoms with E-state index in [4.69, 9.17) is 0 Å². The van der Waals surface area contributed by atoms with Crippen LogP contribution < -0.4 is 0 Å². The quantitative estimate of drug-likeness (QED) is 0.590. The molecule has 1 aromatic rings. The monoisotopic (exact) mass is 294 g/mol. The molecule has 2 nitrogen and oxygen atoms in total. The third-order valence-corrected chi connectivity index (χ3v) is 4.36. The number of alkyl halides is 1. The van der Waals surface area contributed by atoms with E-state index in [9.17, 15) is 0 Å². The maximum atomic E-state index is 4.31. The molecule has 0 radical (unpaired) electrons. The highest BCUT2D eigenvalue weighted by molar-refractivity contribution is 9.09. The Bertz CT molecular complexity index is 265. The second kappa shape index (κ2) is 6.80. The number of aromatic nitrogens is 2. The van der Waals surface area contributed by atoms with Gasteiger partial charge in [0.15, 0.2) is 4.34 Å². The molecule has 1 heterocycles. The lowest BCUT2D eigenvalue weighted by atomic mass is 10.1. The van der Waals surface area contributed by atoms with E-state index in [-0.39, 0.29) is 0 Å². The van der Waals surface area contributed by atoms with Gasteiger partial charge in [-0.2, -0.15) is 4.37 Å². The Morgan fingerprint density at radius 2 is 2.29 bits per heavy atom. The zero-order chi connectivity index (χ0) is 10.4. The van der Waals surface area contributed by atoms with Crippen molar-refractivity contribution in [3.05, 3.63) is 5.82 Å². The molecule has 0 spiro atoms. The van der Waals surface area contributed by atoms with Gasteiger partial charge >= 0.3 is 0 Å². The SMILES string of the molecule is Cc1nsc(SCCC(C)CCBr)n1. The van der Waals surface area contributed by atoms with Gasteiger partial charge in [0.2, 0.25) is 0 Å². The van der Waals surface area contributed by atoms with Gasteiger partial charge in [-0.15, -0.1) is 0 Å². The molecule has 14 heavy (non-hydrogen) atoms. The van der Waals surface area contributed by atoms with Crippen molar-refractivity contribution in [3.63, 3.8) is 0 Å². The van der Waals surface area contributed by atoms with Crippen molar-refractivity contribution in [1.82, 2.24) is 9.36 Å². The molecule has 0 fully saturated rings. The summed E-state index contributed by atoms with van der Waals surface area (Å²) in [5, 5.41) is 1.11. The van der Waals surface area contributed by atoms with E-state index in [1.54, 1.807) is 0 Å². The van der Waals surface area contributed by atoms with Gasteiger partial charge in [0, 0.05) is 11.1 Å². The smallest absolute Gasteiger partial charge is 0.170 e. The van der Waals surface area contributed by atoms with Gasteiger partial charge in [-0.05, 0) is 37.2 Å². The molecule has 0 saturated carbocycles. The summed E-state index contributed by atoms with van der Waals surface area (Å²) < 4.78 is 5.26. The first-order valence-electron chi connectivity index (χ1n) is 4.71. The number of thioether (sulfide) groups is 1. The molecule has 5 heteroatoms. The average molecular weight is 295 g/mol. The average Bonchev–Trinajstić information content (AvgIpc) is 2.52. The van der Waals surface area contributed by atoms with Crippen LogP contribution >= 0.6 is 39.2 Å². The zero-order valence-electron chi connectivity index (χ0n) is 8.49. The van der Waals surface area contributed by atoms with Crippen LogP contribution in [0.1, 0.15) is 25.6 Å². The summed E-state index contributed by atoms with van der Waals surface area (Å²) >= 11 is 6.80. The van der Waals surface area contributed by atoms with Crippen molar-refractivity contribution in [1.29, 1.82) is 0 Å². The van der Waals surface area contributed by atoms with Crippen LogP contribution in [0.5, 0.6) is 0 Å². The highest BCUT2D eigenvalue weighted by Crippen LogP contribution is 2.22. The lowest BCUT2D eigenvalue weighted by Crippen LogP contribution is -1.96. The summed E-state index contributed by atoms with van der Waals surface area (Å²) in [6.45, 7) is 4.24. The molecule has 80 valence electrons. The van der Waals surface area contributed by atoms with Crippen LogP contribution in [0.3, 0.4) is 0 Å². The molecule has 1 atom stereocenters. The van der Waals surface area contributed by atoms with Crippen molar-refractivity contribution in [3.8, 4) is 0 Å². The second-order valence-electron chi connectivity index (χ2n) is 3.33. The van der Waals surface area contributed by atoms with Gasteiger partial charge in [0.1, 0.15) is 5.82 Å². The Kier molecular flexibility index (Phi) is 6.05.